The molecule has 3 aromatic rings. The van der Waals surface area contributed by atoms with Gasteiger partial charge in [0.1, 0.15) is 4.34 Å². The van der Waals surface area contributed by atoms with E-state index in [0.29, 0.717) is 14.2 Å². The van der Waals surface area contributed by atoms with E-state index < -0.39 is 15.7 Å². The first-order valence-corrected chi connectivity index (χ1v) is 10.5. The van der Waals surface area contributed by atoms with Crippen LogP contribution in [-0.2, 0) is 9.84 Å². The van der Waals surface area contributed by atoms with Crippen molar-refractivity contribution in [3.63, 3.8) is 0 Å². The van der Waals surface area contributed by atoms with Gasteiger partial charge in [-0.15, -0.1) is 16.4 Å². The molecule has 11 heteroatoms. The topological polar surface area (TPSA) is 102 Å². The second-order valence-corrected chi connectivity index (χ2v) is 9.60. The van der Waals surface area contributed by atoms with Crippen LogP contribution >= 0.6 is 34.5 Å². The van der Waals surface area contributed by atoms with E-state index >= 15 is 0 Å². The van der Waals surface area contributed by atoms with Gasteiger partial charge in [-0.05, 0) is 24.3 Å². The first-order chi connectivity index (χ1) is 12.3. The summed E-state index contributed by atoms with van der Waals surface area (Å²) in [4.78, 5) is 12.4. The molecule has 0 unspecified atom stereocenters. The quantitative estimate of drug-likeness (QED) is 0.650. The number of hydrogen-bond donors (Lipinski definition) is 1. The molecule has 2 aromatic heterocycles. The number of nitrogens with one attached hydrogen (secondary N) is 1. The lowest BCUT2D eigenvalue weighted by Crippen LogP contribution is -2.13. The highest BCUT2D eigenvalue weighted by atomic mass is 35.5. The number of benzene rings is 1. The van der Waals surface area contributed by atoms with Gasteiger partial charge in [0.15, 0.2) is 9.84 Å². The molecule has 0 atom stereocenters. The van der Waals surface area contributed by atoms with Gasteiger partial charge in [0.05, 0.1) is 20.5 Å². The van der Waals surface area contributed by atoms with Gasteiger partial charge in [-0.1, -0.05) is 41.3 Å². The van der Waals surface area contributed by atoms with Crippen molar-refractivity contribution in [3.05, 3.63) is 44.6 Å². The zero-order chi connectivity index (χ0) is 18.9. The molecule has 0 aliphatic carbocycles. The van der Waals surface area contributed by atoms with Crippen LogP contribution in [0.2, 0.25) is 8.67 Å². The van der Waals surface area contributed by atoms with E-state index in [1.165, 1.54) is 31.2 Å². The summed E-state index contributed by atoms with van der Waals surface area (Å²) >= 11 is 13.1. The highest BCUT2D eigenvalue weighted by Gasteiger charge is 2.18. The number of carbonyl (C=O) groups is 1. The second-order valence-electron chi connectivity index (χ2n) is 5.04. The van der Waals surface area contributed by atoms with Crippen molar-refractivity contribution >= 4 is 56.3 Å². The summed E-state index contributed by atoms with van der Waals surface area (Å²) in [5, 5.41) is 9.97. The highest BCUT2D eigenvalue weighted by molar-refractivity contribution is 7.91. The lowest BCUT2D eigenvalue weighted by atomic mass is 10.2. The molecule has 0 bridgehead atoms. The number of halogens is 2. The molecule has 3 rings (SSSR count). The fourth-order valence-corrected chi connectivity index (χ4v) is 4.41. The fraction of sp³-hybridized carbons (Fsp3) is 0.133. The van der Waals surface area contributed by atoms with Crippen LogP contribution in [0.4, 0.5) is 6.01 Å². The Morgan fingerprint density at radius 3 is 2.69 bits per heavy atom. The standard InChI is InChI=1S/C15H11Cl2N3O4S2/c1-2-26(22,23)9-5-3-4-8(6-9)13(21)18-15-20-19-14(24-15)10-7-11(16)25-12(10)17/h3-7H,2H2,1H3,(H,18,20,21). The van der Waals surface area contributed by atoms with Crippen LogP contribution in [0.15, 0.2) is 39.6 Å². The van der Waals surface area contributed by atoms with Gasteiger partial charge in [-0.25, -0.2) is 8.42 Å². The molecular weight excluding hydrogens is 421 g/mol. The van der Waals surface area contributed by atoms with E-state index in [0.717, 1.165) is 11.3 Å². The van der Waals surface area contributed by atoms with Crippen molar-refractivity contribution in [2.24, 2.45) is 0 Å². The van der Waals surface area contributed by atoms with Crippen LogP contribution in [0.3, 0.4) is 0 Å². The van der Waals surface area contributed by atoms with Gasteiger partial charge >= 0.3 is 6.01 Å². The van der Waals surface area contributed by atoms with Crippen LogP contribution < -0.4 is 5.32 Å². The Hall–Kier alpha value is -1.94. The first-order valence-electron chi connectivity index (χ1n) is 7.23. The Kier molecular flexibility index (Phi) is 5.33. The lowest BCUT2D eigenvalue weighted by Gasteiger charge is -2.04. The second kappa shape index (κ2) is 7.36. The Labute approximate surface area is 162 Å². The average molecular weight is 432 g/mol. The third-order valence-electron chi connectivity index (χ3n) is 3.37. The SMILES string of the molecule is CCS(=O)(=O)c1cccc(C(=O)Nc2nnc(-c3cc(Cl)sc3Cl)o2)c1. The molecular formula is C15H11Cl2N3O4S2. The molecule has 2 heterocycles. The van der Waals surface area contributed by atoms with E-state index in [9.17, 15) is 13.2 Å². The monoisotopic (exact) mass is 431 g/mol. The minimum Gasteiger partial charge on any atom is -0.403 e. The van der Waals surface area contributed by atoms with Crippen molar-refractivity contribution in [2.75, 3.05) is 11.1 Å². The molecule has 7 nitrogen and oxygen atoms in total. The summed E-state index contributed by atoms with van der Waals surface area (Å²) in [7, 11) is -3.42. The van der Waals surface area contributed by atoms with Crippen molar-refractivity contribution in [3.8, 4) is 11.5 Å². The molecule has 0 saturated carbocycles. The normalized spacial score (nSPS) is 11.5. The molecule has 0 aliphatic rings. The predicted molar refractivity (Wildman–Crippen MR) is 99.8 cm³/mol. The Bertz CT molecular complexity index is 1080. The number of thiophene rings is 1. The van der Waals surface area contributed by atoms with E-state index in [2.05, 4.69) is 15.5 Å². The first kappa shape index (κ1) is 18.8. The maximum atomic E-state index is 12.3. The number of nitrogens with zero attached hydrogens (tertiary/aromatic N) is 2. The zero-order valence-electron chi connectivity index (χ0n) is 13.2. The molecule has 1 N–H and O–H groups in total. The minimum absolute atomic E-state index is 0.0605. The fourth-order valence-electron chi connectivity index (χ4n) is 2.04. The number of aromatic nitrogens is 2. The molecule has 0 fully saturated rings. The van der Waals surface area contributed by atoms with Crippen LogP contribution in [0, 0.1) is 0 Å². The molecule has 1 aromatic carbocycles. The predicted octanol–water partition coefficient (Wildman–Crippen LogP) is 4.15. The van der Waals surface area contributed by atoms with E-state index in [1.807, 2.05) is 0 Å². The Morgan fingerprint density at radius 1 is 1.27 bits per heavy atom. The van der Waals surface area contributed by atoms with Crippen molar-refractivity contribution in [1.29, 1.82) is 0 Å². The maximum Gasteiger partial charge on any atom is 0.322 e. The van der Waals surface area contributed by atoms with Gasteiger partial charge in [0.25, 0.3) is 11.8 Å². The largest absolute Gasteiger partial charge is 0.403 e. The average Bonchev–Trinajstić information content (AvgIpc) is 3.20. The molecule has 136 valence electrons. The van der Waals surface area contributed by atoms with Crippen LogP contribution in [0.5, 0.6) is 0 Å². The van der Waals surface area contributed by atoms with Crippen molar-refractivity contribution in [2.45, 2.75) is 11.8 Å². The van der Waals surface area contributed by atoms with Gasteiger partial charge < -0.3 is 4.42 Å². The molecule has 1 amide bonds. The lowest BCUT2D eigenvalue weighted by molar-refractivity contribution is 0.102. The van der Waals surface area contributed by atoms with Gasteiger partial charge in [0.2, 0.25) is 0 Å². The van der Waals surface area contributed by atoms with Gasteiger partial charge in [-0.2, -0.15) is 0 Å². The number of amides is 1. The summed E-state index contributed by atoms with van der Waals surface area (Å²) in [6.07, 6.45) is 0. The Morgan fingerprint density at radius 2 is 2.04 bits per heavy atom. The zero-order valence-corrected chi connectivity index (χ0v) is 16.3. The van der Waals surface area contributed by atoms with Crippen molar-refractivity contribution < 1.29 is 17.6 Å². The van der Waals surface area contributed by atoms with Crippen molar-refractivity contribution in [1.82, 2.24) is 10.2 Å². The summed E-state index contributed by atoms with van der Waals surface area (Å²) in [5.41, 5.74) is 0.613. The van der Waals surface area contributed by atoms with E-state index in [-0.39, 0.29) is 28.1 Å². The molecule has 0 aliphatic heterocycles. The molecule has 0 saturated heterocycles. The van der Waals surface area contributed by atoms with Crippen LogP contribution in [0.25, 0.3) is 11.5 Å². The Balaban J connectivity index is 1.81. The van der Waals surface area contributed by atoms with Gasteiger partial charge in [0, 0.05) is 5.56 Å². The highest BCUT2D eigenvalue weighted by Crippen LogP contribution is 2.37. The molecule has 26 heavy (non-hydrogen) atoms. The van der Waals surface area contributed by atoms with Gasteiger partial charge in [-0.3, -0.25) is 10.1 Å². The number of carbonyl (C=O) groups excluding carboxylic acids is 1. The molecule has 0 spiro atoms. The smallest absolute Gasteiger partial charge is 0.322 e. The number of anilines is 1. The summed E-state index contributed by atoms with van der Waals surface area (Å²) in [5.74, 6) is -0.534. The number of rotatable bonds is 5. The number of hydrogen-bond acceptors (Lipinski definition) is 7. The molecule has 0 radical (unpaired) electrons. The number of sulfone groups is 1. The van der Waals surface area contributed by atoms with E-state index in [1.54, 1.807) is 6.07 Å². The van der Waals surface area contributed by atoms with E-state index in [4.69, 9.17) is 27.6 Å². The summed E-state index contributed by atoms with van der Waals surface area (Å²) in [6, 6.07) is 7.13. The maximum absolute atomic E-state index is 12.3. The minimum atomic E-state index is -3.42. The van der Waals surface area contributed by atoms with Crippen LogP contribution in [0.1, 0.15) is 17.3 Å². The third kappa shape index (κ3) is 3.90. The summed E-state index contributed by atoms with van der Waals surface area (Å²) < 4.78 is 30.1. The van der Waals surface area contributed by atoms with Crippen LogP contribution in [-0.4, -0.2) is 30.3 Å². The summed E-state index contributed by atoms with van der Waals surface area (Å²) in [6.45, 7) is 1.53. The third-order valence-corrected chi connectivity index (χ3v) is 6.59.